The first-order chi connectivity index (χ1) is 16.2. The number of aryl methyl sites for hydroxylation is 1. The number of rotatable bonds is 8. The third-order valence-electron chi connectivity index (χ3n) is 5.46. The predicted octanol–water partition coefficient (Wildman–Crippen LogP) is 4.03. The van der Waals surface area contributed by atoms with E-state index in [2.05, 4.69) is 44.5 Å². The highest BCUT2D eigenvalue weighted by molar-refractivity contribution is 5.77. The van der Waals surface area contributed by atoms with Gasteiger partial charge in [0.25, 0.3) is 0 Å². The molecule has 5 rings (SSSR count). The number of nitrogens with zero attached hydrogens (tertiary/aromatic N) is 6. The van der Waals surface area contributed by atoms with Crippen LogP contribution in [-0.4, -0.2) is 54.6 Å². The van der Waals surface area contributed by atoms with E-state index in [1.165, 1.54) is 0 Å². The largest absolute Gasteiger partial charge is 0.384 e. The number of benzene rings is 1. The molecular weight excluding hydrogens is 412 g/mol. The summed E-state index contributed by atoms with van der Waals surface area (Å²) in [6, 6.07) is 20.2. The summed E-state index contributed by atoms with van der Waals surface area (Å²) in [7, 11) is 2.10. The predicted molar refractivity (Wildman–Crippen MR) is 130 cm³/mol. The van der Waals surface area contributed by atoms with Crippen LogP contribution in [0.3, 0.4) is 0 Å². The normalized spacial score (nSPS) is 11.4. The molecule has 8 nitrogen and oxygen atoms in total. The number of hydrogen-bond acceptors (Lipinski definition) is 6. The fourth-order valence-electron chi connectivity index (χ4n) is 3.81. The third-order valence-corrected chi connectivity index (χ3v) is 5.46. The quantitative estimate of drug-likeness (QED) is 0.380. The number of imidazole rings is 1. The van der Waals surface area contributed by atoms with Gasteiger partial charge in [-0.05, 0) is 50.4 Å². The lowest BCUT2D eigenvalue weighted by Gasteiger charge is -2.16. The van der Waals surface area contributed by atoms with Crippen molar-refractivity contribution in [3.8, 4) is 22.6 Å². The Hall–Kier alpha value is -4.04. The summed E-state index contributed by atoms with van der Waals surface area (Å²) >= 11 is 0. The molecule has 166 valence electrons. The molecule has 8 heteroatoms. The highest BCUT2D eigenvalue weighted by atomic mass is 15.3. The molecule has 0 saturated heterocycles. The van der Waals surface area contributed by atoms with Crippen LogP contribution in [-0.2, 0) is 6.54 Å². The van der Waals surface area contributed by atoms with Gasteiger partial charge in [0.15, 0.2) is 5.65 Å². The topological polar surface area (TPSA) is 87.0 Å². The van der Waals surface area contributed by atoms with Crippen molar-refractivity contribution in [2.75, 3.05) is 25.5 Å². The second kappa shape index (κ2) is 9.22. The molecule has 0 unspecified atom stereocenters. The smallest absolute Gasteiger partial charge is 0.155 e. The van der Waals surface area contributed by atoms with Crippen LogP contribution in [0.15, 0.2) is 73.2 Å². The zero-order valence-electron chi connectivity index (χ0n) is 18.7. The number of likely N-dealkylation sites (N-methyl/N-ethyl adjacent to an activating group) is 1. The molecule has 0 bridgehead atoms. The van der Waals surface area contributed by atoms with Gasteiger partial charge in [0.2, 0.25) is 0 Å². The zero-order valence-corrected chi connectivity index (χ0v) is 18.7. The van der Waals surface area contributed by atoms with Crippen molar-refractivity contribution >= 4 is 11.3 Å². The SMILES string of the molecule is Cc1cccc(-c2[nH]c(CN(C)CCNc3ccccc3)nc2-c2ccc3ncnn3c2)n1. The molecule has 0 radical (unpaired) electrons. The summed E-state index contributed by atoms with van der Waals surface area (Å²) in [6.45, 7) is 4.42. The summed E-state index contributed by atoms with van der Waals surface area (Å²) in [5.41, 5.74) is 6.49. The number of nitrogens with one attached hydrogen (secondary N) is 2. The van der Waals surface area contributed by atoms with Gasteiger partial charge in [0, 0.05) is 36.2 Å². The van der Waals surface area contributed by atoms with Gasteiger partial charge in [-0.25, -0.2) is 14.5 Å². The van der Waals surface area contributed by atoms with Gasteiger partial charge < -0.3 is 10.3 Å². The fraction of sp³-hybridized carbons (Fsp3) is 0.200. The molecule has 0 saturated carbocycles. The van der Waals surface area contributed by atoms with E-state index in [9.17, 15) is 0 Å². The van der Waals surface area contributed by atoms with Crippen LogP contribution in [0.5, 0.6) is 0 Å². The lowest BCUT2D eigenvalue weighted by atomic mass is 10.1. The van der Waals surface area contributed by atoms with E-state index in [4.69, 9.17) is 9.97 Å². The van der Waals surface area contributed by atoms with E-state index in [-0.39, 0.29) is 0 Å². The Morgan fingerprint density at radius 3 is 2.73 bits per heavy atom. The molecule has 1 aromatic carbocycles. The minimum Gasteiger partial charge on any atom is -0.384 e. The van der Waals surface area contributed by atoms with Gasteiger partial charge in [0.05, 0.1) is 23.6 Å². The molecule has 4 heterocycles. The highest BCUT2D eigenvalue weighted by Gasteiger charge is 2.17. The van der Waals surface area contributed by atoms with Crippen LogP contribution < -0.4 is 5.32 Å². The molecule has 5 aromatic rings. The lowest BCUT2D eigenvalue weighted by Crippen LogP contribution is -2.25. The Bertz CT molecular complexity index is 1360. The zero-order chi connectivity index (χ0) is 22.6. The monoisotopic (exact) mass is 438 g/mol. The highest BCUT2D eigenvalue weighted by Crippen LogP contribution is 2.29. The van der Waals surface area contributed by atoms with Gasteiger partial charge in [-0.3, -0.25) is 9.88 Å². The molecule has 4 aromatic heterocycles. The van der Waals surface area contributed by atoms with Crippen molar-refractivity contribution in [1.82, 2.24) is 34.4 Å². The first-order valence-corrected chi connectivity index (χ1v) is 11.0. The van der Waals surface area contributed by atoms with E-state index in [1.807, 2.05) is 61.7 Å². The van der Waals surface area contributed by atoms with E-state index < -0.39 is 0 Å². The number of hydrogen-bond donors (Lipinski definition) is 2. The molecule has 0 aliphatic rings. The standard InChI is InChI=1S/C25H26N8/c1-18-7-6-10-21(29-18)25-24(19-11-12-23-27-17-28-33(23)15-19)30-22(31-25)16-32(2)14-13-26-20-8-4-3-5-9-20/h3-12,15,17,26H,13-14,16H2,1-2H3,(H,30,31). The Morgan fingerprint density at radius 1 is 1.00 bits per heavy atom. The second-order valence-electron chi connectivity index (χ2n) is 8.08. The van der Waals surface area contributed by atoms with Crippen molar-refractivity contribution in [1.29, 1.82) is 0 Å². The van der Waals surface area contributed by atoms with E-state index in [0.29, 0.717) is 6.54 Å². The second-order valence-corrected chi connectivity index (χ2v) is 8.08. The van der Waals surface area contributed by atoms with Crippen LogP contribution in [0.2, 0.25) is 0 Å². The molecule has 33 heavy (non-hydrogen) atoms. The van der Waals surface area contributed by atoms with Crippen LogP contribution in [0.1, 0.15) is 11.5 Å². The van der Waals surface area contributed by atoms with E-state index in [0.717, 1.165) is 58.6 Å². The molecule has 0 aliphatic carbocycles. The lowest BCUT2D eigenvalue weighted by molar-refractivity contribution is 0.332. The number of fused-ring (bicyclic) bond motifs is 1. The number of aromatic nitrogens is 6. The molecule has 0 atom stereocenters. The maximum Gasteiger partial charge on any atom is 0.155 e. The molecule has 2 N–H and O–H groups in total. The molecule has 0 amide bonds. The fourth-order valence-corrected chi connectivity index (χ4v) is 3.81. The van der Waals surface area contributed by atoms with Gasteiger partial charge in [0.1, 0.15) is 12.2 Å². The first-order valence-electron chi connectivity index (χ1n) is 11.0. The van der Waals surface area contributed by atoms with Crippen LogP contribution in [0.25, 0.3) is 28.3 Å². The number of H-pyrrole nitrogens is 1. The summed E-state index contributed by atoms with van der Waals surface area (Å²) in [4.78, 5) is 19.7. The van der Waals surface area contributed by atoms with Crippen molar-refractivity contribution in [3.05, 3.63) is 84.7 Å². The summed E-state index contributed by atoms with van der Waals surface area (Å²) in [6.07, 6.45) is 3.51. The number of pyridine rings is 2. The molecular formula is C25H26N8. The van der Waals surface area contributed by atoms with Crippen molar-refractivity contribution in [2.45, 2.75) is 13.5 Å². The van der Waals surface area contributed by atoms with Gasteiger partial charge >= 0.3 is 0 Å². The summed E-state index contributed by atoms with van der Waals surface area (Å²) < 4.78 is 1.76. The van der Waals surface area contributed by atoms with Crippen LogP contribution in [0.4, 0.5) is 5.69 Å². The average molecular weight is 439 g/mol. The van der Waals surface area contributed by atoms with Crippen molar-refractivity contribution in [2.24, 2.45) is 0 Å². The van der Waals surface area contributed by atoms with Gasteiger partial charge in [-0.1, -0.05) is 24.3 Å². The Morgan fingerprint density at radius 2 is 1.88 bits per heavy atom. The van der Waals surface area contributed by atoms with Crippen molar-refractivity contribution < 1.29 is 0 Å². The minimum absolute atomic E-state index is 0.695. The number of aromatic amines is 1. The Kier molecular flexibility index (Phi) is 5.82. The summed E-state index contributed by atoms with van der Waals surface area (Å²) in [5, 5.41) is 7.72. The molecule has 0 aliphatic heterocycles. The Balaban J connectivity index is 1.39. The molecule has 0 spiro atoms. The maximum atomic E-state index is 4.96. The molecule has 0 fully saturated rings. The Labute approximate surface area is 192 Å². The van der Waals surface area contributed by atoms with Crippen LogP contribution >= 0.6 is 0 Å². The third kappa shape index (κ3) is 4.75. The van der Waals surface area contributed by atoms with Gasteiger partial charge in [-0.15, -0.1) is 0 Å². The van der Waals surface area contributed by atoms with Crippen LogP contribution in [0, 0.1) is 6.92 Å². The van der Waals surface area contributed by atoms with Gasteiger partial charge in [-0.2, -0.15) is 5.10 Å². The van der Waals surface area contributed by atoms with E-state index in [1.54, 1.807) is 10.8 Å². The minimum atomic E-state index is 0.695. The first kappa shape index (κ1) is 20.8. The average Bonchev–Trinajstić information content (AvgIpc) is 3.46. The summed E-state index contributed by atoms with van der Waals surface area (Å²) in [5.74, 6) is 0.893. The maximum absolute atomic E-state index is 4.96. The van der Waals surface area contributed by atoms with E-state index >= 15 is 0 Å². The van der Waals surface area contributed by atoms with Crippen molar-refractivity contribution in [3.63, 3.8) is 0 Å². The number of anilines is 1. The number of para-hydroxylation sites is 1.